The number of hydrogen-bond acceptors (Lipinski definition) is 24. The normalized spacial score (nSPS) is 24.9. The van der Waals surface area contributed by atoms with Gasteiger partial charge in [-0.05, 0) is 61.5 Å². The highest BCUT2D eigenvalue weighted by atomic mass is 32.1. The van der Waals surface area contributed by atoms with E-state index in [1.807, 2.05) is 55.4 Å². The summed E-state index contributed by atoms with van der Waals surface area (Å²) >= 11 is 4.09. The van der Waals surface area contributed by atoms with Gasteiger partial charge in [0.25, 0.3) is 16.7 Å². The fourth-order valence-corrected chi connectivity index (χ4v) is 24.9. The van der Waals surface area contributed by atoms with Gasteiger partial charge in [0, 0.05) is 61.2 Å². The third-order valence-corrected chi connectivity index (χ3v) is 29.1. The van der Waals surface area contributed by atoms with Crippen LogP contribution in [0.25, 0.3) is 0 Å². The number of rotatable bonds is 34. The summed E-state index contributed by atoms with van der Waals surface area (Å²) in [6, 6.07) is 0. The van der Waals surface area contributed by atoms with Crippen LogP contribution in [-0.4, -0.2) is 152 Å². The Balaban J connectivity index is 1.26. The van der Waals surface area contributed by atoms with Crippen molar-refractivity contribution in [2.45, 2.75) is 186 Å². The number of hydrogen-bond donors (Lipinski definition) is 9. The predicted molar refractivity (Wildman–Crippen MR) is 322 cm³/mol. The maximum Gasteiger partial charge on any atom is 0.472 e. The van der Waals surface area contributed by atoms with Crippen LogP contribution in [0.1, 0.15) is 123 Å². The van der Waals surface area contributed by atoms with E-state index >= 15 is 0 Å². The minimum Gasteiger partial charge on any atom is -0.414 e. The number of aromatic amines is 3. The Hall–Kier alpha value is -2.98. The molecule has 3 fully saturated rings. The Kier molecular flexibility index (Phi) is 26.2. The average molecular weight is 1400 g/mol. The molecule has 3 saturated heterocycles. The van der Waals surface area contributed by atoms with Crippen molar-refractivity contribution in [3.8, 4) is 0 Å². The quantitative estimate of drug-likeness (QED) is 0.0174. The smallest absolute Gasteiger partial charge is 0.414 e. The fraction of sp³-hybridized carbons (Fsp3) is 0.750. The van der Waals surface area contributed by atoms with Crippen molar-refractivity contribution in [1.82, 2.24) is 28.7 Å². The number of aryl methyl sites for hydroxylation is 3. The van der Waals surface area contributed by atoms with Gasteiger partial charge in [0.1, 0.15) is 49.2 Å². The molecule has 3 aliphatic rings. The van der Waals surface area contributed by atoms with Crippen LogP contribution in [0, 0.1) is 20.8 Å². The Morgan fingerprint density at radius 1 is 0.517 bits per heavy atom. The van der Waals surface area contributed by atoms with E-state index in [4.69, 9.17) is 54.3 Å². The van der Waals surface area contributed by atoms with E-state index in [1.54, 1.807) is 0 Å². The van der Waals surface area contributed by atoms with E-state index < -0.39 is 170 Å². The zero-order valence-corrected chi connectivity index (χ0v) is 57.4. The van der Waals surface area contributed by atoms with Crippen LogP contribution in [0.5, 0.6) is 0 Å². The second kappa shape index (κ2) is 31.1. The van der Waals surface area contributed by atoms with Crippen LogP contribution in [0.2, 0.25) is 22.2 Å². The molecule has 41 heteroatoms. The zero-order valence-electron chi connectivity index (χ0n) is 50.9. The minimum atomic E-state index is -5.40. The molecule has 6 heterocycles. The number of phosphoric acid groups is 4. The van der Waals surface area contributed by atoms with E-state index in [-0.39, 0.29) is 71.5 Å². The van der Waals surface area contributed by atoms with Crippen molar-refractivity contribution in [1.29, 1.82) is 0 Å². The summed E-state index contributed by atoms with van der Waals surface area (Å²) in [5.74, 6) is 0.444. The van der Waals surface area contributed by atoms with E-state index in [0.717, 1.165) is 26.1 Å². The van der Waals surface area contributed by atoms with Gasteiger partial charge in [-0.2, -0.15) is 12.6 Å². The van der Waals surface area contributed by atoms with Gasteiger partial charge in [-0.15, -0.1) is 0 Å². The molecule has 12 unspecified atom stereocenters. The predicted octanol–water partition coefficient (Wildman–Crippen LogP) is 4.32. The van der Waals surface area contributed by atoms with Gasteiger partial charge in [-0.1, -0.05) is 55.4 Å². The van der Waals surface area contributed by atoms with Crippen LogP contribution in [-0.2, 0) is 77.1 Å². The molecular weight excluding hydrogens is 1320 g/mol. The molecule has 6 rings (SSSR count). The maximum absolute atomic E-state index is 14.4. The molecule has 12 atom stereocenters. The maximum atomic E-state index is 14.4. The van der Waals surface area contributed by atoms with Gasteiger partial charge in [0.2, 0.25) is 0 Å². The highest BCUT2D eigenvalue weighted by Gasteiger charge is 2.59. The monoisotopic (exact) mass is 1400 g/mol. The first-order chi connectivity index (χ1) is 41.3. The Bertz CT molecular complexity index is 3470. The van der Waals surface area contributed by atoms with Crippen molar-refractivity contribution in [2.75, 3.05) is 45.4 Å². The number of aromatic nitrogens is 6. The van der Waals surface area contributed by atoms with Gasteiger partial charge in [-0.3, -0.25) is 74.7 Å². The topological polar surface area (TPSA) is 454 Å². The summed E-state index contributed by atoms with van der Waals surface area (Å²) < 4.78 is 132. The summed E-state index contributed by atoms with van der Waals surface area (Å²) in [5, 5.41) is 0. The molecule has 3 aromatic rings. The van der Waals surface area contributed by atoms with E-state index in [9.17, 15) is 71.5 Å². The first-order valence-electron chi connectivity index (χ1n) is 28.5. The summed E-state index contributed by atoms with van der Waals surface area (Å²) in [7, 11) is -27.4. The molecule has 3 aromatic heterocycles. The molecule has 0 bridgehead atoms. The zero-order chi connectivity index (χ0) is 66.4. The standard InChI is InChI=1S/C48H82N6O28P4SSi2/c1-27(2)88(28(3)4,75-16-12-14-70-84(64,65)71-15-13-17-87)82-89(29(5)6,30(7)8)81-36-20-42(54-23-33(11)45(57)51-48(54)60)78-39(36)26-74-86(68,69)80-35-19-41(53-22-32(10)44(56)50-47(53)59)77-38(35)25-73-85(66,67)79-34-18-40(76-37(34)24-72-83(61,62)63)52-21-31(9)43(55)49-46(52)58/h21-23,27-30,34-42,87H,12-20,24-26H2,1-11H3,(H,64,65)(H,66,67)(H,68,69)(H,49,55,58)(H,50,56,59)(H,51,57,60)(H2,61,62,63). The van der Waals surface area contributed by atoms with Crippen LogP contribution in [0.3, 0.4) is 0 Å². The SMILES string of the molecule is Cc1cn(C2CC(O[Si](O[Si](OCCCOP(=O)(O)OCCCS)(C(C)C)C(C)C)(C(C)C)C(C)C)C(COP(=O)(O)OC3CC(n4cc(C)c(=O)[nH]c4=O)OC3COP(=O)(O)OC3CC(n4cc(C)c(=O)[nH]c4=O)OC3COP(=O)(O)O)O2)c(=O)[nH]c1=O. The lowest BCUT2D eigenvalue weighted by atomic mass is 10.2. The van der Waals surface area contributed by atoms with Crippen molar-refractivity contribution < 1.29 is 102 Å². The number of H-pyrrole nitrogens is 3. The van der Waals surface area contributed by atoms with E-state index in [0.29, 0.717) is 12.2 Å². The summed E-state index contributed by atoms with van der Waals surface area (Å²) in [6.07, 6.45) is -9.68. The molecule has 8 N–H and O–H groups in total. The van der Waals surface area contributed by atoms with E-state index in [2.05, 4.69) is 32.1 Å². The molecule has 0 aromatic carbocycles. The lowest BCUT2D eigenvalue weighted by molar-refractivity contribution is -0.0619. The first-order valence-corrected chi connectivity index (χ1v) is 39.1. The Morgan fingerprint density at radius 3 is 1.22 bits per heavy atom. The fourth-order valence-electron chi connectivity index (χ4n) is 10.4. The molecule has 3 aliphatic heterocycles. The van der Waals surface area contributed by atoms with Crippen LogP contribution < -0.4 is 33.7 Å². The number of nitrogens with zero attached hydrogens (tertiary/aromatic N) is 3. The largest absolute Gasteiger partial charge is 0.472 e. The number of thiol groups is 1. The third-order valence-electron chi connectivity index (χ3n) is 15.0. The lowest BCUT2D eigenvalue weighted by Gasteiger charge is -2.49. The minimum absolute atomic E-state index is 0.0257. The molecule has 89 heavy (non-hydrogen) atoms. The van der Waals surface area contributed by atoms with Gasteiger partial charge in [0.05, 0.1) is 39.1 Å². The first kappa shape index (κ1) is 75.1. The summed E-state index contributed by atoms with van der Waals surface area (Å²) in [4.78, 5) is 135. The van der Waals surface area contributed by atoms with Gasteiger partial charge in [0.15, 0.2) is 0 Å². The molecule has 0 radical (unpaired) electrons. The molecule has 506 valence electrons. The molecule has 0 spiro atoms. The number of ether oxygens (including phenoxy) is 3. The van der Waals surface area contributed by atoms with Crippen LogP contribution in [0.15, 0.2) is 47.4 Å². The molecular formula is C48H82N6O28P4SSi2. The van der Waals surface area contributed by atoms with Crippen molar-refractivity contribution in [3.05, 3.63) is 97.8 Å². The molecule has 0 saturated carbocycles. The number of phosphoric ester groups is 4. The van der Waals surface area contributed by atoms with Gasteiger partial charge in [-0.25, -0.2) is 32.6 Å². The molecule has 0 aliphatic carbocycles. The van der Waals surface area contributed by atoms with Crippen molar-refractivity contribution >= 4 is 61.0 Å². The van der Waals surface area contributed by atoms with Gasteiger partial charge < -0.3 is 51.6 Å². The van der Waals surface area contributed by atoms with Gasteiger partial charge >= 0.3 is 65.5 Å². The summed E-state index contributed by atoms with van der Waals surface area (Å²) in [5.41, 5.74) is -5.76. The number of nitrogens with one attached hydrogen (secondary N) is 3. The lowest BCUT2D eigenvalue weighted by Crippen LogP contribution is -2.62. The molecule has 34 nitrogen and oxygen atoms in total. The highest BCUT2D eigenvalue weighted by Crippen LogP contribution is 2.53. The second-order valence-corrected chi connectivity index (χ2v) is 37.7. The average Bonchev–Trinajstić information content (AvgIpc) is 1.75. The third kappa shape index (κ3) is 19.8. The van der Waals surface area contributed by atoms with E-state index in [1.165, 1.54) is 27.0 Å². The summed E-state index contributed by atoms with van der Waals surface area (Å²) in [6.45, 7) is 16.8. The Labute approximate surface area is 518 Å². The van der Waals surface area contributed by atoms with Crippen molar-refractivity contribution in [2.24, 2.45) is 0 Å². The van der Waals surface area contributed by atoms with Crippen LogP contribution in [0.4, 0.5) is 0 Å². The highest BCUT2D eigenvalue weighted by molar-refractivity contribution is 7.80. The Morgan fingerprint density at radius 2 is 0.865 bits per heavy atom. The second-order valence-electron chi connectivity index (χ2n) is 22.9. The molecule has 0 amide bonds. The van der Waals surface area contributed by atoms with Crippen LogP contribution >= 0.6 is 43.9 Å². The van der Waals surface area contributed by atoms with Crippen molar-refractivity contribution in [3.63, 3.8) is 0 Å².